The average Bonchev–Trinajstić information content (AvgIpc) is 2.82. The number of benzene rings is 3. The quantitative estimate of drug-likeness (QED) is 0.282. The fourth-order valence-electron chi connectivity index (χ4n) is 3.52. The predicted octanol–water partition coefficient (Wildman–Crippen LogP) is 4.32. The lowest BCUT2D eigenvalue weighted by atomic mass is 10.1. The maximum atomic E-state index is 6.72. The molecule has 2 aromatic rings. The van der Waals surface area contributed by atoms with Gasteiger partial charge in [0.2, 0.25) is 0 Å². The predicted molar refractivity (Wildman–Crippen MR) is 127 cm³/mol. The molecule has 0 spiro atoms. The summed E-state index contributed by atoms with van der Waals surface area (Å²) in [5.74, 6) is 1.55. The van der Waals surface area contributed by atoms with Gasteiger partial charge in [-0.1, -0.05) is 23.2 Å². The molecule has 3 aliphatic rings. The van der Waals surface area contributed by atoms with Crippen molar-refractivity contribution in [2.24, 2.45) is 16.5 Å². The van der Waals surface area contributed by atoms with E-state index in [9.17, 15) is 0 Å². The molecule has 10 heteroatoms. The van der Waals surface area contributed by atoms with Gasteiger partial charge in [-0.2, -0.15) is 0 Å². The minimum Gasteiger partial charge on any atom is -0.451 e. The summed E-state index contributed by atoms with van der Waals surface area (Å²) in [7, 11) is 0. The summed E-state index contributed by atoms with van der Waals surface area (Å²) in [5.41, 5.74) is 14.7. The van der Waals surface area contributed by atoms with Crippen LogP contribution in [0.3, 0.4) is 0 Å². The van der Waals surface area contributed by atoms with Gasteiger partial charge in [0.05, 0.1) is 17.6 Å². The van der Waals surface area contributed by atoms with Crippen LogP contribution in [0.5, 0.6) is 11.5 Å². The number of aromatic nitrogens is 1. The number of hydrogen-bond acceptors (Lipinski definition) is 8. The topological polar surface area (TPSA) is 124 Å². The lowest BCUT2D eigenvalue weighted by molar-refractivity contribution is 0.481. The van der Waals surface area contributed by atoms with E-state index in [1.165, 1.54) is 0 Å². The third-order valence-electron chi connectivity index (χ3n) is 5.01. The first-order valence-electron chi connectivity index (χ1n) is 10.1. The smallest absolute Gasteiger partial charge is 0.175 e. The molecule has 0 bridgehead atoms. The molecule has 1 aliphatic carbocycles. The van der Waals surface area contributed by atoms with Gasteiger partial charge in [-0.05, 0) is 24.3 Å². The molecule has 0 unspecified atom stereocenters. The summed E-state index contributed by atoms with van der Waals surface area (Å²) >= 11 is 13.4. The van der Waals surface area contributed by atoms with Crippen molar-refractivity contribution in [3.8, 4) is 23.0 Å². The number of hydrogen-bond donors (Lipinski definition) is 4. The van der Waals surface area contributed by atoms with E-state index >= 15 is 0 Å². The van der Waals surface area contributed by atoms with E-state index in [0.29, 0.717) is 76.0 Å². The Bertz CT molecular complexity index is 1370. The fraction of sp³-hybridized carbons (Fsp3) is 0.182. The SMILES string of the molecule is NCCN=c1ccc2nc3c(Cl)c4c(c(Cl)c3oc-2c1)Nc1ccc(NCCN)cc1O4. The highest BCUT2D eigenvalue weighted by Gasteiger charge is 2.28. The second kappa shape index (κ2) is 8.48. The second-order valence-electron chi connectivity index (χ2n) is 7.20. The molecule has 2 aliphatic heterocycles. The molecular formula is C22H20Cl2N6O2. The second-order valence-corrected chi connectivity index (χ2v) is 7.96. The first kappa shape index (κ1) is 20.8. The van der Waals surface area contributed by atoms with E-state index in [0.717, 1.165) is 16.7 Å². The van der Waals surface area contributed by atoms with Crippen LogP contribution >= 0.6 is 23.2 Å². The van der Waals surface area contributed by atoms with Crippen LogP contribution in [-0.2, 0) is 0 Å². The van der Waals surface area contributed by atoms with Crippen LogP contribution in [-0.4, -0.2) is 31.2 Å². The van der Waals surface area contributed by atoms with E-state index in [1.807, 2.05) is 30.3 Å². The Morgan fingerprint density at radius 2 is 1.94 bits per heavy atom. The summed E-state index contributed by atoms with van der Waals surface area (Å²) in [6, 6.07) is 11.2. The highest BCUT2D eigenvalue weighted by Crippen LogP contribution is 2.53. The summed E-state index contributed by atoms with van der Waals surface area (Å²) in [5, 5.41) is 7.91. The number of ether oxygens (including phenoxy) is 1. The maximum Gasteiger partial charge on any atom is 0.175 e. The zero-order valence-corrected chi connectivity index (χ0v) is 18.4. The number of halogens is 2. The van der Waals surface area contributed by atoms with E-state index < -0.39 is 0 Å². The van der Waals surface area contributed by atoms with Crippen LogP contribution < -0.4 is 32.2 Å². The molecule has 0 saturated carbocycles. The van der Waals surface area contributed by atoms with Crippen molar-refractivity contribution in [1.82, 2.24) is 4.98 Å². The third kappa shape index (κ3) is 3.61. The van der Waals surface area contributed by atoms with Crippen molar-refractivity contribution < 1.29 is 9.15 Å². The van der Waals surface area contributed by atoms with Gasteiger partial charge >= 0.3 is 0 Å². The molecule has 0 radical (unpaired) electrons. The van der Waals surface area contributed by atoms with Crippen LogP contribution in [0, 0.1) is 0 Å². The third-order valence-corrected chi connectivity index (χ3v) is 5.72. The van der Waals surface area contributed by atoms with Crippen molar-refractivity contribution in [2.75, 3.05) is 36.8 Å². The van der Waals surface area contributed by atoms with Gasteiger partial charge in [0, 0.05) is 37.5 Å². The van der Waals surface area contributed by atoms with Crippen LogP contribution in [0.4, 0.5) is 17.1 Å². The fourth-order valence-corrected chi connectivity index (χ4v) is 4.04. The molecule has 0 saturated heterocycles. The molecule has 6 N–H and O–H groups in total. The van der Waals surface area contributed by atoms with Crippen molar-refractivity contribution in [1.29, 1.82) is 0 Å². The summed E-state index contributed by atoms with van der Waals surface area (Å²) < 4.78 is 12.2. The van der Waals surface area contributed by atoms with E-state index in [4.69, 9.17) is 43.8 Å². The molecule has 0 atom stereocenters. The number of nitrogens with zero attached hydrogens (tertiary/aromatic N) is 2. The Hall–Kier alpha value is -3.04. The van der Waals surface area contributed by atoms with E-state index in [1.54, 1.807) is 6.07 Å². The van der Waals surface area contributed by atoms with Gasteiger partial charge in [0.25, 0.3) is 0 Å². The van der Waals surface area contributed by atoms with Crippen LogP contribution in [0.2, 0.25) is 10.0 Å². The Morgan fingerprint density at radius 3 is 2.75 bits per heavy atom. The first-order valence-corrected chi connectivity index (χ1v) is 10.8. The highest BCUT2D eigenvalue weighted by atomic mass is 35.5. The minimum atomic E-state index is 0.306. The lowest BCUT2D eigenvalue weighted by Gasteiger charge is -2.25. The summed E-state index contributed by atoms with van der Waals surface area (Å²) in [6.45, 7) is 2.17. The summed E-state index contributed by atoms with van der Waals surface area (Å²) in [6.07, 6.45) is 0. The molecule has 5 rings (SSSR count). The monoisotopic (exact) mass is 470 g/mol. The molecule has 2 heterocycles. The van der Waals surface area contributed by atoms with Crippen molar-refractivity contribution in [2.45, 2.75) is 0 Å². The molecule has 2 aromatic carbocycles. The van der Waals surface area contributed by atoms with Crippen molar-refractivity contribution in [3.63, 3.8) is 0 Å². The van der Waals surface area contributed by atoms with Crippen LogP contribution in [0.15, 0.2) is 45.8 Å². The molecule has 32 heavy (non-hydrogen) atoms. The van der Waals surface area contributed by atoms with Crippen molar-refractivity contribution in [3.05, 3.63) is 51.8 Å². The Labute approximate surface area is 193 Å². The Kier molecular flexibility index (Phi) is 5.52. The Morgan fingerprint density at radius 1 is 1.06 bits per heavy atom. The number of nitrogens with two attached hydrogens (primary N) is 2. The molecule has 164 valence electrons. The van der Waals surface area contributed by atoms with Gasteiger partial charge in [-0.3, -0.25) is 4.99 Å². The van der Waals surface area contributed by atoms with E-state index in [2.05, 4.69) is 20.6 Å². The molecular weight excluding hydrogens is 451 g/mol. The van der Waals surface area contributed by atoms with Crippen LogP contribution in [0.1, 0.15) is 0 Å². The zero-order valence-electron chi connectivity index (χ0n) is 16.9. The minimum absolute atomic E-state index is 0.306. The Balaban J connectivity index is 1.63. The number of rotatable bonds is 5. The van der Waals surface area contributed by atoms with Gasteiger partial charge in [0.15, 0.2) is 22.8 Å². The maximum absolute atomic E-state index is 6.72. The van der Waals surface area contributed by atoms with Crippen LogP contribution in [0.25, 0.3) is 22.6 Å². The van der Waals surface area contributed by atoms with Gasteiger partial charge in [-0.15, -0.1) is 0 Å². The number of nitrogens with one attached hydrogen (secondary N) is 2. The largest absolute Gasteiger partial charge is 0.451 e. The highest BCUT2D eigenvalue weighted by molar-refractivity contribution is 6.43. The number of anilines is 3. The van der Waals surface area contributed by atoms with Gasteiger partial charge < -0.3 is 31.3 Å². The molecule has 0 fully saturated rings. The van der Waals surface area contributed by atoms with Gasteiger partial charge in [-0.25, -0.2) is 4.98 Å². The molecule has 8 nitrogen and oxygen atoms in total. The normalized spacial score (nSPS) is 12.9. The zero-order chi connectivity index (χ0) is 22.2. The summed E-state index contributed by atoms with van der Waals surface area (Å²) in [4.78, 5) is 9.07. The first-order chi connectivity index (χ1) is 15.6. The van der Waals surface area contributed by atoms with Gasteiger partial charge in [0.1, 0.15) is 26.9 Å². The molecule has 0 aromatic heterocycles. The van der Waals surface area contributed by atoms with E-state index in [-0.39, 0.29) is 0 Å². The standard InChI is InChI=1S/C22H20Cl2N6O2/c23-17-19-21(31-15-9-11(27-7-5-25)1-3-13(15)29-19)18(24)20-22(17)32-16-10-12(28-8-6-26)2-4-14(16)30-20/h1-4,9-10,27,29H,5-8,25-26H2. The average molecular weight is 471 g/mol. The lowest BCUT2D eigenvalue weighted by Crippen LogP contribution is -2.13. The number of fused-ring (bicyclic) bond motifs is 4. The van der Waals surface area contributed by atoms with Crippen molar-refractivity contribution >= 4 is 51.4 Å². The molecule has 0 amide bonds.